The molecular formula is C13H20N2O2. The Morgan fingerprint density at radius 3 is 2.29 bits per heavy atom. The van der Waals surface area contributed by atoms with Crippen molar-refractivity contribution in [3.05, 3.63) is 29.8 Å². The summed E-state index contributed by atoms with van der Waals surface area (Å²) in [5, 5.41) is 5.91. The van der Waals surface area contributed by atoms with E-state index in [9.17, 15) is 4.79 Å². The van der Waals surface area contributed by atoms with Crippen LogP contribution in [0.3, 0.4) is 0 Å². The van der Waals surface area contributed by atoms with Gasteiger partial charge in [0.25, 0.3) is 5.91 Å². The molecule has 0 spiro atoms. The van der Waals surface area contributed by atoms with Gasteiger partial charge >= 0.3 is 0 Å². The second kappa shape index (κ2) is 6.25. The van der Waals surface area contributed by atoms with Crippen LogP contribution in [0.5, 0.6) is 0 Å². The van der Waals surface area contributed by atoms with Gasteiger partial charge < -0.3 is 15.4 Å². The Morgan fingerprint density at radius 2 is 1.82 bits per heavy atom. The zero-order chi connectivity index (χ0) is 12.8. The Bertz CT molecular complexity index is 362. The number of anilines is 1. The van der Waals surface area contributed by atoms with Gasteiger partial charge in [-0.15, -0.1) is 0 Å². The summed E-state index contributed by atoms with van der Waals surface area (Å²) < 4.78 is 5.24. The minimum Gasteiger partial charge on any atom is -0.380 e. The lowest BCUT2D eigenvalue weighted by atomic mass is 10.1. The van der Waals surface area contributed by atoms with Crippen LogP contribution in [-0.4, -0.2) is 32.2 Å². The molecule has 0 radical (unpaired) electrons. The van der Waals surface area contributed by atoms with Crippen LogP contribution in [0.2, 0.25) is 0 Å². The van der Waals surface area contributed by atoms with Crippen molar-refractivity contribution in [2.45, 2.75) is 26.0 Å². The Balaban J connectivity index is 2.65. The van der Waals surface area contributed by atoms with Crippen LogP contribution < -0.4 is 10.6 Å². The van der Waals surface area contributed by atoms with Crippen molar-refractivity contribution in [2.75, 3.05) is 19.5 Å². The number of hydrogen-bond acceptors (Lipinski definition) is 3. The zero-order valence-corrected chi connectivity index (χ0v) is 10.8. The van der Waals surface area contributed by atoms with E-state index in [0.717, 1.165) is 5.69 Å². The van der Waals surface area contributed by atoms with Gasteiger partial charge in [0.15, 0.2) is 0 Å². The highest BCUT2D eigenvalue weighted by atomic mass is 16.5. The highest BCUT2D eigenvalue weighted by Gasteiger charge is 2.10. The van der Waals surface area contributed by atoms with Gasteiger partial charge in [0.1, 0.15) is 0 Å². The number of methoxy groups -OCH3 is 1. The lowest BCUT2D eigenvalue weighted by molar-refractivity contribution is 0.0963. The number of carbonyl (C=O) groups excluding carboxylic acids is 1. The fraction of sp³-hybridized carbons (Fsp3) is 0.462. The van der Waals surface area contributed by atoms with Crippen LogP contribution in [-0.2, 0) is 4.74 Å². The number of amides is 1. The first kappa shape index (κ1) is 13.5. The topological polar surface area (TPSA) is 50.4 Å². The van der Waals surface area contributed by atoms with E-state index in [0.29, 0.717) is 5.56 Å². The van der Waals surface area contributed by atoms with Crippen molar-refractivity contribution in [1.82, 2.24) is 5.32 Å². The quantitative estimate of drug-likeness (QED) is 0.820. The Hall–Kier alpha value is -1.55. The second-order valence-corrected chi connectivity index (χ2v) is 4.03. The first-order valence-corrected chi connectivity index (χ1v) is 5.70. The van der Waals surface area contributed by atoms with Gasteiger partial charge in [-0.25, -0.2) is 0 Å². The highest BCUT2D eigenvalue weighted by Crippen LogP contribution is 2.12. The Labute approximate surface area is 102 Å². The van der Waals surface area contributed by atoms with Crippen LogP contribution in [0.25, 0.3) is 0 Å². The van der Waals surface area contributed by atoms with E-state index in [2.05, 4.69) is 17.6 Å². The predicted octanol–water partition coefficient (Wildman–Crippen LogP) is 1.88. The molecule has 0 aliphatic heterocycles. The van der Waals surface area contributed by atoms with E-state index in [1.807, 2.05) is 19.1 Å². The average molecular weight is 236 g/mol. The molecule has 17 heavy (non-hydrogen) atoms. The third-order valence-electron chi connectivity index (χ3n) is 2.84. The predicted molar refractivity (Wildman–Crippen MR) is 69.4 cm³/mol. The van der Waals surface area contributed by atoms with Gasteiger partial charge in [0.05, 0.1) is 6.10 Å². The summed E-state index contributed by atoms with van der Waals surface area (Å²) in [5.74, 6) is -0.0742. The maximum absolute atomic E-state index is 11.3. The monoisotopic (exact) mass is 236 g/mol. The standard InChI is InChI=1S/C13H20N2O2/c1-9(10(2)17-4)15-12-7-5-11(6-8-12)13(16)14-3/h5-10,15H,1-4H3,(H,14,16). The molecule has 0 saturated heterocycles. The average Bonchev–Trinajstić information content (AvgIpc) is 2.37. The van der Waals surface area contributed by atoms with Crippen LogP contribution in [0.1, 0.15) is 24.2 Å². The number of nitrogens with one attached hydrogen (secondary N) is 2. The van der Waals surface area contributed by atoms with E-state index in [1.54, 1.807) is 26.3 Å². The van der Waals surface area contributed by atoms with Crippen molar-refractivity contribution in [2.24, 2.45) is 0 Å². The molecule has 1 aromatic rings. The van der Waals surface area contributed by atoms with Gasteiger partial charge in [-0.1, -0.05) is 0 Å². The first-order chi connectivity index (χ1) is 8.08. The Morgan fingerprint density at radius 1 is 1.24 bits per heavy atom. The van der Waals surface area contributed by atoms with E-state index in [4.69, 9.17) is 4.74 Å². The molecule has 0 heterocycles. The molecule has 0 fully saturated rings. The number of hydrogen-bond donors (Lipinski definition) is 2. The van der Waals surface area contributed by atoms with E-state index < -0.39 is 0 Å². The van der Waals surface area contributed by atoms with E-state index in [1.165, 1.54) is 0 Å². The first-order valence-electron chi connectivity index (χ1n) is 5.70. The molecule has 94 valence electrons. The summed E-state index contributed by atoms with van der Waals surface area (Å²) in [7, 11) is 3.31. The van der Waals surface area contributed by atoms with Gasteiger partial charge in [-0.05, 0) is 38.1 Å². The molecule has 4 nitrogen and oxygen atoms in total. The summed E-state index contributed by atoms with van der Waals surface area (Å²) in [6.45, 7) is 4.07. The molecule has 2 atom stereocenters. The molecule has 1 amide bonds. The van der Waals surface area contributed by atoms with E-state index >= 15 is 0 Å². The maximum Gasteiger partial charge on any atom is 0.251 e. The molecule has 0 saturated carbocycles. The lowest BCUT2D eigenvalue weighted by Crippen LogP contribution is -2.29. The van der Waals surface area contributed by atoms with Crippen molar-refractivity contribution in [3.63, 3.8) is 0 Å². The number of carbonyl (C=O) groups is 1. The second-order valence-electron chi connectivity index (χ2n) is 4.03. The van der Waals surface area contributed by atoms with Crippen molar-refractivity contribution < 1.29 is 9.53 Å². The summed E-state index contributed by atoms with van der Waals surface area (Å²) in [5.41, 5.74) is 1.64. The van der Waals surface area contributed by atoms with E-state index in [-0.39, 0.29) is 18.1 Å². The van der Waals surface area contributed by atoms with Gasteiger partial charge in [-0.2, -0.15) is 0 Å². The van der Waals surface area contributed by atoms with Crippen molar-refractivity contribution in [3.8, 4) is 0 Å². The van der Waals surface area contributed by atoms with Gasteiger partial charge in [-0.3, -0.25) is 4.79 Å². The molecule has 1 aromatic carbocycles. The number of rotatable bonds is 5. The van der Waals surface area contributed by atoms with Gasteiger partial charge in [0.2, 0.25) is 0 Å². The van der Waals surface area contributed by atoms with Crippen LogP contribution >= 0.6 is 0 Å². The molecule has 1 rings (SSSR count). The summed E-state index contributed by atoms with van der Waals surface area (Å²) in [4.78, 5) is 11.3. The van der Waals surface area contributed by atoms with Crippen LogP contribution in [0.4, 0.5) is 5.69 Å². The fourth-order valence-corrected chi connectivity index (χ4v) is 1.45. The van der Waals surface area contributed by atoms with Crippen LogP contribution in [0, 0.1) is 0 Å². The van der Waals surface area contributed by atoms with Crippen LogP contribution in [0.15, 0.2) is 24.3 Å². The molecule has 0 aliphatic carbocycles. The zero-order valence-electron chi connectivity index (χ0n) is 10.8. The van der Waals surface area contributed by atoms with Crippen molar-refractivity contribution in [1.29, 1.82) is 0 Å². The molecule has 2 unspecified atom stereocenters. The lowest BCUT2D eigenvalue weighted by Gasteiger charge is -2.21. The highest BCUT2D eigenvalue weighted by molar-refractivity contribution is 5.94. The molecule has 0 aromatic heterocycles. The summed E-state index contributed by atoms with van der Waals surface area (Å²) >= 11 is 0. The fourth-order valence-electron chi connectivity index (χ4n) is 1.45. The number of benzene rings is 1. The minimum absolute atomic E-state index is 0.0742. The largest absolute Gasteiger partial charge is 0.380 e. The smallest absolute Gasteiger partial charge is 0.251 e. The molecule has 0 bridgehead atoms. The minimum atomic E-state index is -0.0742. The maximum atomic E-state index is 11.3. The third kappa shape index (κ3) is 3.75. The normalized spacial score (nSPS) is 13.9. The molecule has 2 N–H and O–H groups in total. The third-order valence-corrected chi connectivity index (χ3v) is 2.84. The summed E-state index contributed by atoms with van der Waals surface area (Å²) in [6, 6.07) is 7.59. The number of ether oxygens (including phenoxy) is 1. The Kier molecular flexibility index (Phi) is 4.97. The van der Waals surface area contributed by atoms with Gasteiger partial charge in [0, 0.05) is 31.5 Å². The molecule has 4 heteroatoms. The summed E-state index contributed by atoms with van der Waals surface area (Å²) in [6.07, 6.45) is 0.133. The SMILES string of the molecule is CNC(=O)c1ccc(NC(C)C(C)OC)cc1. The molecular weight excluding hydrogens is 216 g/mol. The van der Waals surface area contributed by atoms with Crippen molar-refractivity contribution >= 4 is 11.6 Å². The molecule has 0 aliphatic rings.